The van der Waals surface area contributed by atoms with E-state index in [9.17, 15) is 4.79 Å². The standard InChI is InChI=1S/C16H18ClN3O2/c1-20-9-8-18-15(20)14(11-4-6-12(17)7-5-11)19-16(21)13-3-2-10-22-13/h4-9,13-14H,2-3,10H2,1H3,(H,19,21)/t13-,14-/m0/s1. The molecule has 0 unspecified atom stereocenters. The van der Waals surface area contributed by atoms with Crippen molar-refractivity contribution in [2.24, 2.45) is 7.05 Å². The minimum Gasteiger partial charge on any atom is -0.368 e. The third-order valence-electron chi connectivity index (χ3n) is 3.83. The number of aryl methyl sites for hydroxylation is 1. The summed E-state index contributed by atoms with van der Waals surface area (Å²) in [6.07, 6.45) is 4.90. The van der Waals surface area contributed by atoms with Gasteiger partial charge in [0.1, 0.15) is 18.0 Å². The summed E-state index contributed by atoms with van der Waals surface area (Å²) in [7, 11) is 1.91. The summed E-state index contributed by atoms with van der Waals surface area (Å²) in [5.74, 6) is 0.675. The molecular formula is C16H18ClN3O2. The van der Waals surface area contributed by atoms with Gasteiger partial charge in [-0.05, 0) is 30.5 Å². The average Bonchev–Trinajstić information content (AvgIpc) is 3.17. The van der Waals surface area contributed by atoms with Crippen LogP contribution in [-0.2, 0) is 16.6 Å². The topological polar surface area (TPSA) is 56.2 Å². The van der Waals surface area contributed by atoms with Gasteiger partial charge in [0.15, 0.2) is 0 Å². The fourth-order valence-corrected chi connectivity index (χ4v) is 2.75. The van der Waals surface area contributed by atoms with E-state index in [0.717, 1.165) is 24.2 Å². The summed E-state index contributed by atoms with van der Waals surface area (Å²) in [6, 6.07) is 7.10. The molecular weight excluding hydrogens is 302 g/mol. The van der Waals surface area contributed by atoms with E-state index in [2.05, 4.69) is 10.3 Å². The number of carbonyl (C=O) groups excluding carboxylic acids is 1. The molecule has 1 aliphatic heterocycles. The number of ether oxygens (including phenoxy) is 1. The Morgan fingerprint density at radius 1 is 1.45 bits per heavy atom. The monoisotopic (exact) mass is 319 g/mol. The van der Waals surface area contributed by atoms with Gasteiger partial charge in [0.25, 0.3) is 0 Å². The quantitative estimate of drug-likeness (QED) is 0.942. The van der Waals surface area contributed by atoms with Gasteiger partial charge in [-0.2, -0.15) is 0 Å². The van der Waals surface area contributed by atoms with Crippen LogP contribution in [0.1, 0.15) is 30.3 Å². The number of amides is 1. The second-order valence-corrected chi connectivity index (χ2v) is 5.83. The zero-order chi connectivity index (χ0) is 15.5. The Labute approximate surface area is 134 Å². The molecule has 2 atom stereocenters. The second-order valence-electron chi connectivity index (χ2n) is 5.39. The molecule has 3 rings (SSSR count). The van der Waals surface area contributed by atoms with E-state index in [1.807, 2.05) is 42.1 Å². The maximum atomic E-state index is 12.4. The van der Waals surface area contributed by atoms with Crippen LogP contribution in [0.15, 0.2) is 36.7 Å². The summed E-state index contributed by atoms with van der Waals surface area (Å²) in [5, 5.41) is 3.71. The lowest BCUT2D eigenvalue weighted by Gasteiger charge is -2.21. The summed E-state index contributed by atoms with van der Waals surface area (Å²) in [5.41, 5.74) is 0.935. The summed E-state index contributed by atoms with van der Waals surface area (Å²) >= 11 is 5.95. The zero-order valence-corrected chi connectivity index (χ0v) is 13.1. The molecule has 116 valence electrons. The third-order valence-corrected chi connectivity index (χ3v) is 4.08. The van der Waals surface area contributed by atoms with Crippen LogP contribution in [0.25, 0.3) is 0 Å². The number of benzene rings is 1. The molecule has 2 aromatic rings. The Balaban J connectivity index is 1.87. The molecule has 5 nitrogen and oxygen atoms in total. The predicted molar refractivity (Wildman–Crippen MR) is 83.6 cm³/mol. The lowest BCUT2D eigenvalue weighted by Crippen LogP contribution is -2.38. The van der Waals surface area contributed by atoms with Crippen LogP contribution in [0.3, 0.4) is 0 Å². The highest BCUT2D eigenvalue weighted by Gasteiger charge is 2.28. The molecule has 1 amide bonds. The van der Waals surface area contributed by atoms with Crippen LogP contribution in [0.2, 0.25) is 5.02 Å². The average molecular weight is 320 g/mol. The second kappa shape index (κ2) is 6.50. The van der Waals surface area contributed by atoms with E-state index < -0.39 is 0 Å². The maximum absolute atomic E-state index is 12.4. The minimum atomic E-state index is -0.366. The molecule has 0 bridgehead atoms. The van der Waals surface area contributed by atoms with Gasteiger partial charge in [-0.3, -0.25) is 4.79 Å². The van der Waals surface area contributed by atoms with E-state index in [1.165, 1.54) is 0 Å². The Hall–Kier alpha value is -1.85. The molecule has 6 heteroatoms. The van der Waals surface area contributed by atoms with Crippen molar-refractivity contribution in [3.8, 4) is 0 Å². The number of nitrogens with one attached hydrogen (secondary N) is 1. The summed E-state index contributed by atoms with van der Waals surface area (Å²) in [4.78, 5) is 16.8. The van der Waals surface area contributed by atoms with Crippen molar-refractivity contribution >= 4 is 17.5 Å². The molecule has 1 saturated heterocycles. The molecule has 1 aromatic carbocycles. The highest BCUT2D eigenvalue weighted by molar-refractivity contribution is 6.30. The summed E-state index contributed by atoms with van der Waals surface area (Å²) < 4.78 is 7.36. The van der Waals surface area contributed by atoms with Gasteiger partial charge in [-0.1, -0.05) is 23.7 Å². The van der Waals surface area contributed by atoms with E-state index in [0.29, 0.717) is 11.6 Å². The normalized spacial score (nSPS) is 19.1. The molecule has 1 N–H and O–H groups in total. The largest absolute Gasteiger partial charge is 0.368 e. The number of imidazole rings is 1. The fourth-order valence-electron chi connectivity index (χ4n) is 2.63. The molecule has 0 radical (unpaired) electrons. The van der Waals surface area contributed by atoms with Gasteiger partial charge in [-0.15, -0.1) is 0 Å². The first kappa shape index (κ1) is 15.1. The Bertz CT molecular complexity index is 648. The lowest BCUT2D eigenvalue weighted by atomic mass is 10.1. The van der Waals surface area contributed by atoms with Gasteiger partial charge < -0.3 is 14.6 Å². The van der Waals surface area contributed by atoms with Crippen molar-refractivity contribution in [2.75, 3.05) is 6.61 Å². The van der Waals surface area contributed by atoms with Crippen molar-refractivity contribution in [1.29, 1.82) is 0 Å². The Morgan fingerprint density at radius 2 is 2.23 bits per heavy atom. The molecule has 0 saturated carbocycles. The number of hydrogen-bond acceptors (Lipinski definition) is 3. The minimum absolute atomic E-state index is 0.0968. The molecule has 22 heavy (non-hydrogen) atoms. The maximum Gasteiger partial charge on any atom is 0.249 e. The van der Waals surface area contributed by atoms with Gasteiger partial charge >= 0.3 is 0 Å². The molecule has 2 heterocycles. The number of halogens is 1. The van der Waals surface area contributed by atoms with Crippen LogP contribution in [0.5, 0.6) is 0 Å². The first-order valence-electron chi connectivity index (χ1n) is 7.30. The first-order valence-corrected chi connectivity index (χ1v) is 7.67. The van der Waals surface area contributed by atoms with Crippen LogP contribution in [0, 0.1) is 0 Å². The van der Waals surface area contributed by atoms with Gasteiger partial charge in [0, 0.05) is 31.1 Å². The summed E-state index contributed by atoms with van der Waals surface area (Å²) in [6.45, 7) is 0.645. The number of nitrogens with zero attached hydrogens (tertiary/aromatic N) is 2. The van der Waals surface area contributed by atoms with E-state index in [4.69, 9.17) is 16.3 Å². The van der Waals surface area contributed by atoms with Crippen LogP contribution >= 0.6 is 11.6 Å². The van der Waals surface area contributed by atoms with Crippen molar-refractivity contribution in [3.63, 3.8) is 0 Å². The van der Waals surface area contributed by atoms with Crippen LogP contribution in [-0.4, -0.2) is 28.2 Å². The van der Waals surface area contributed by atoms with Gasteiger partial charge in [0.05, 0.1) is 0 Å². The van der Waals surface area contributed by atoms with E-state index in [1.54, 1.807) is 6.20 Å². The number of aromatic nitrogens is 2. The first-order chi connectivity index (χ1) is 10.6. The number of rotatable bonds is 4. The number of carbonyl (C=O) groups is 1. The van der Waals surface area contributed by atoms with Gasteiger partial charge in [0.2, 0.25) is 5.91 Å². The van der Waals surface area contributed by atoms with Crippen molar-refractivity contribution < 1.29 is 9.53 Å². The van der Waals surface area contributed by atoms with E-state index in [-0.39, 0.29) is 18.1 Å². The fraction of sp³-hybridized carbons (Fsp3) is 0.375. The Kier molecular flexibility index (Phi) is 4.45. The molecule has 0 aliphatic carbocycles. The van der Waals surface area contributed by atoms with Crippen LogP contribution in [0.4, 0.5) is 0 Å². The molecule has 1 aliphatic rings. The highest BCUT2D eigenvalue weighted by Crippen LogP contribution is 2.23. The smallest absolute Gasteiger partial charge is 0.249 e. The molecule has 0 spiro atoms. The van der Waals surface area contributed by atoms with Crippen molar-refractivity contribution in [3.05, 3.63) is 53.1 Å². The van der Waals surface area contributed by atoms with Gasteiger partial charge in [-0.25, -0.2) is 4.98 Å². The molecule has 1 aromatic heterocycles. The van der Waals surface area contributed by atoms with E-state index >= 15 is 0 Å². The van der Waals surface area contributed by atoms with Crippen molar-refractivity contribution in [1.82, 2.24) is 14.9 Å². The Morgan fingerprint density at radius 3 is 2.82 bits per heavy atom. The SMILES string of the molecule is Cn1ccnc1[C@@H](NC(=O)[C@@H]1CCCO1)c1ccc(Cl)cc1. The number of hydrogen-bond donors (Lipinski definition) is 1. The van der Waals surface area contributed by atoms with Crippen molar-refractivity contribution in [2.45, 2.75) is 25.0 Å². The highest BCUT2D eigenvalue weighted by atomic mass is 35.5. The zero-order valence-electron chi connectivity index (χ0n) is 12.3. The van der Waals surface area contributed by atoms with Crippen LogP contribution < -0.4 is 5.32 Å². The lowest BCUT2D eigenvalue weighted by molar-refractivity contribution is -0.130. The molecule has 1 fully saturated rings. The third kappa shape index (κ3) is 3.15. The predicted octanol–water partition coefficient (Wildman–Crippen LogP) is 2.46.